The highest BCUT2D eigenvalue weighted by Gasteiger charge is 2.14. The molecule has 0 aliphatic heterocycles. The molecule has 0 unspecified atom stereocenters. The van der Waals surface area contributed by atoms with E-state index in [1.165, 1.54) is 0 Å². The van der Waals surface area contributed by atoms with Crippen molar-refractivity contribution in [3.05, 3.63) is 10.6 Å². The van der Waals surface area contributed by atoms with E-state index in [1.54, 1.807) is 11.3 Å². The molecule has 14 heavy (non-hydrogen) atoms. The van der Waals surface area contributed by atoms with E-state index in [1.807, 2.05) is 19.0 Å². The van der Waals surface area contributed by atoms with Gasteiger partial charge >= 0.3 is 0 Å². The number of rotatable bonds is 3. The minimum atomic E-state index is 0.392. The van der Waals surface area contributed by atoms with Crippen LogP contribution in [0.25, 0.3) is 0 Å². The van der Waals surface area contributed by atoms with Crippen molar-refractivity contribution < 1.29 is 0 Å². The van der Waals surface area contributed by atoms with E-state index in [0.29, 0.717) is 12.3 Å². The van der Waals surface area contributed by atoms with Crippen LogP contribution < -0.4 is 4.90 Å². The van der Waals surface area contributed by atoms with Crippen molar-refractivity contribution in [2.45, 2.75) is 26.2 Å². The maximum absolute atomic E-state index is 8.69. The molecule has 0 amide bonds. The molecule has 76 valence electrons. The molecule has 4 heteroatoms. The van der Waals surface area contributed by atoms with E-state index in [9.17, 15) is 0 Å². The zero-order valence-corrected chi connectivity index (χ0v) is 9.85. The SMILES string of the molecule is CC(C)c1nc(N(C)C)sc1CC#N. The van der Waals surface area contributed by atoms with Crippen LogP contribution in [0.3, 0.4) is 0 Å². The van der Waals surface area contributed by atoms with Gasteiger partial charge in [0.05, 0.1) is 18.2 Å². The van der Waals surface area contributed by atoms with Crippen LogP contribution in [-0.4, -0.2) is 19.1 Å². The molecule has 1 rings (SSSR count). The molecule has 0 bridgehead atoms. The summed E-state index contributed by atoms with van der Waals surface area (Å²) in [5, 5.41) is 9.67. The van der Waals surface area contributed by atoms with Crippen LogP contribution in [0.4, 0.5) is 5.13 Å². The molecule has 0 radical (unpaired) electrons. The molecule has 0 aromatic carbocycles. The van der Waals surface area contributed by atoms with E-state index < -0.39 is 0 Å². The molecule has 0 fully saturated rings. The standard InChI is InChI=1S/C10H15N3S/c1-7(2)9-8(5-6-11)14-10(12-9)13(3)4/h7H,5H2,1-4H3. The largest absolute Gasteiger partial charge is 0.354 e. The van der Waals surface area contributed by atoms with Crippen molar-refractivity contribution in [3.63, 3.8) is 0 Å². The van der Waals surface area contributed by atoms with Gasteiger partial charge in [0.1, 0.15) is 0 Å². The van der Waals surface area contributed by atoms with Crippen LogP contribution in [-0.2, 0) is 6.42 Å². The maximum Gasteiger partial charge on any atom is 0.185 e. The first-order valence-electron chi connectivity index (χ1n) is 4.60. The summed E-state index contributed by atoms with van der Waals surface area (Å²) in [6.45, 7) is 4.21. The van der Waals surface area contributed by atoms with Gasteiger partial charge in [-0.25, -0.2) is 4.98 Å². The minimum Gasteiger partial charge on any atom is -0.354 e. The molecule has 1 aromatic rings. The summed E-state index contributed by atoms with van der Waals surface area (Å²) < 4.78 is 0. The molecule has 0 N–H and O–H groups in total. The molecule has 0 saturated carbocycles. The lowest BCUT2D eigenvalue weighted by atomic mass is 10.1. The van der Waals surface area contributed by atoms with E-state index in [0.717, 1.165) is 15.7 Å². The molecule has 0 aliphatic carbocycles. The molecular weight excluding hydrogens is 194 g/mol. The average molecular weight is 209 g/mol. The molecule has 0 saturated heterocycles. The monoisotopic (exact) mass is 209 g/mol. The Bertz CT molecular complexity index is 347. The summed E-state index contributed by atoms with van der Waals surface area (Å²) in [7, 11) is 3.94. The van der Waals surface area contributed by atoms with E-state index >= 15 is 0 Å². The molecular formula is C10H15N3S. The third-order valence-electron chi connectivity index (χ3n) is 1.89. The Morgan fingerprint density at radius 2 is 2.14 bits per heavy atom. The van der Waals surface area contributed by atoms with Crippen LogP contribution in [0.15, 0.2) is 0 Å². The van der Waals surface area contributed by atoms with Gasteiger partial charge in [-0.2, -0.15) is 5.26 Å². The number of hydrogen-bond donors (Lipinski definition) is 0. The second kappa shape index (κ2) is 4.43. The van der Waals surface area contributed by atoms with Crippen LogP contribution in [0.1, 0.15) is 30.3 Å². The normalized spacial score (nSPS) is 10.3. The summed E-state index contributed by atoms with van der Waals surface area (Å²) in [4.78, 5) is 7.61. The van der Waals surface area contributed by atoms with Gasteiger partial charge in [0.25, 0.3) is 0 Å². The summed E-state index contributed by atoms with van der Waals surface area (Å²) in [6, 6.07) is 2.18. The predicted octanol–water partition coefficient (Wildman–Crippen LogP) is 2.40. The quantitative estimate of drug-likeness (QED) is 0.767. The fraction of sp³-hybridized carbons (Fsp3) is 0.600. The number of aromatic nitrogens is 1. The number of nitriles is 1. The predicted molar refractivity (Wildman–Crippen MR) is 59.8 cm³/mol. The first kappa shape index (κ1) is 11.0. The molecule has 3 nitrogen and oxygen atoms in total. The van der Waals surface area contributed by atoms with Gasteiger partial charge in [-0.3, -0.25) is 0 Å². The van der Waals surface area contributed by atoms with Crippen molar-refractivity contribution in [3.8, 4) is 6.07 Å². The lowest BCUT2D eigenvalue weighted by Crippen LogP contribution is -2.08. The summed E-state index contributed by atoms with van der Waals surface area (Å²) in [5.41, 5.74) is 1.07. The van der Waals surface area contributed by atoms with Gasteiger partial charge in [-0.15, -0.1) is 11.3 Å². The van der Waals surface area contributed by atoms with Gasteiger partial charge in [0, 0.05) is 19.0 Å². The smallest absolute Gasteiger partial charge is 0.185 e. The van der Waals surface area contributed by atoms with Gasteiger partial charge < -0.3 is 4.90 Å². The first-order chi connectivity index (χ1) is 6.56. The fourth-order valence-electron chi connectivity index (χ4n) is 1.19. The Hall–Kier alpha value is -1.08. The minimum absolute atomic E-state index is 0.392. The first-order valence-corrected chi connectivity index (χ1v) is 5.41. The van der Waals surface area contributed by atoms with E-state index in [-0.39, 0.29) is 0 Å². The third-order valence-corrected chi connectivity index (χ3v) is 3.12. The maximum atomic E-state index is 8.69. The summed E-state index contributed by atoms with van der Waals surface area (Å²) in [5.74, 6) is 0.392. The molecule has 1 aromatic heterocycles. The van der Waals surface area contributed by atoms with Crippen molar-refractivity contribution in [2.24, 2.45) is 0 Å². The Kier molecular flexibility index (Phi) is 3.48. The molecule has 0 atom stereocenters. The topological polar surface area (TPSA) is 39.9 Å². The van der Waals surface area contributed by atoms with Gasteiger partial charge in [0.2, 0.25) is 0 Å². The van der Waals surface area contributed by atoms with E-state index in [2.05, 4.69) is 24.9 Å². The zero-order chi connectivity index (χ0) is 10.7. The Labute approximate surface area is 89.0 Å². The van der Waals surface area contributed by atoms with Crippen molar-refractivity contribution in [1.29, 1.82) is 5.26 Å². The van der Waals surface area contributed by atoms with Gasteiger partial charge in [0.15, 0.2) is 5.13 Å². The molecule has 0 spiro atoms. The highest BCUT2D eigenvalue weighted by Crippen LogP contribution is 2.29. The zero-order valence-electron chi connectivity index (χ0n) is 9.03. The van der Waals surface area contributed by atoms with Crippen molar-refractivity contribution in [1.82, 2.24) is 4.98 Å². The highest BCUT2D eigenvalue weighted by atomic mass is 32.1. The third kappa shape index (κ3) is 2.24. The number of anilines is 1. The average Bonchev–Trinajstić information content (AvgIpc) is 2.49. The van der Waals surface area contributed by atoms with Crippen LogP contribution in [0.5, 0.6) is 0 Å². The number of thiazole rings is 1. The molecule has 0 aliphatic rings. The van der Waals surface area contributed by atoms with Crippen molar-refractivity contribution >= 4 is 16.5 Å². The Morgan fingerprint density at radius 1 is 1.50 bits per heavy atom. The Morgan fingerprint density at radius 3 is 2.57 bits per heavy atom. The van der Waals surface area contributed by atoms with E-state index in [4.69, 9.17) is 5.26 Å². The van der Waals surface area contributed by atoms with Crippen LogP contribution in [0.2, 0.25) is 0 Å². The van der Waals surface area contributed by atoms with Crippen LogP contribution in [0, 0.1) is 11.3 Å². The highest BCUT2D eigenvalue weighted by molar-refractivity contribution is 7.15. The summed E-state index contributed by atoms with van der Waals surface area (Å²) >= 11 is 1.61. The van der Waals surface area contributed by atoms with Crippen molar-refractivity contribution in [2.75, 3.05) is 19.0 Å². The van der Waals surface area contributed by atoms with Gasteiger partial charge in [-0.1, -0.05) is 13.8 Å². The summed E-state index contributed by atoms with van der Waals surface area (Å²) in [6.07, 6.45) is 0.471. The second-order valence-corrected chi connectivity index (χ2v) is 4.75. The Balaban J connectivity index is 3.07. The lowest BCUT2D eigenvalue weighted by molar-refractivity contribution is 0.818. The van der Waals surface area contributed by atoms with Gasteiger partial charge in [-0.05, 0) is 5.92 Å². The molecule has 1 heterocycles. The lowest BCUT2D eigenvalue weighted by Gasteiger charge is -2.05. The number of nitrogens with zero attached hydrogens (tertiary/aromatic N) is 3. The second-order valence-electron chi connectivity index (χ2n) is 3.69. The number of hydrogen-bond acceptors (Lipinski definition) is 4. The van der Waals surface area contributed by atoms with Crippen LogP contribution >= 0.6 is 11.3 Å². The fourth-order valence-corrected chi connectivity index (χ4v) is 2.26.